The minimum atomic E-state index is -0.372. The van der Waals surface area contributed by atoms with Crippen molar-refractivity contribution >= 4 is 11.6 Å². The van der Waals surface area contributed by atoms with Gasteiger partial charge in [-0.25, -0.2) is 0 Å². The van der Waals surface area contributed by atoms with E-state index >= 15 is 0 Å². The Morgan fingerprint density at radius 2 is 1.77 bits per heavy atom. The fourth-order valence-electron chi connectivity index (χ4n) is 3.39. The molecule has 2 aromatic rings. The number of anilines is 1. The molecule has 0 aromatic heterocycles. The van der Waals surface area contributed by atoms with Gasteiger partial charge in [0, 0.05) is 12.2 Å². The third-order valence-corrected chi connectivity index (χ3v) is 5.10. The second-order valence-corrected chi connectivity index (χ2v) is 7.29. The third kappa shape index (κ3) is 4.25. The zero-order chi connectivity index (χ0) is 18.4. The molecule has 0 heterocycles. The quantitative estimate of drug-likeness (QED) is 0.728. The van der Waals surface area contributed by atoms with Crippen LogP contribution in [0.4, 0.5) is 5.69 Å². The lowest BCUT2D eigenvalue weighted by atomic mass is 9.64. The van der Waals surface area contributed by atoms with Crippen LogP contribution in [-0.4, -0.2) is 38.1 Å². The molecule has 2 aromatic carbocycles. The lowest BCUT2D eigenvalue weighted by Gasteiger charge is -2.40. The van der Waals surface area contributed by atoms with E-state index in [9.17, 15) is 4.79 Å². The number of nitrogens with zero attached hydrogens (tertiary/aromatic N) is 1. The van der Waals surface area contributed by atoms with Crippen LogP contribution in [0.15, 0.2) is 54.6 Å². The van der Waals surface area contributed by atoms with E-state index in [1.807, 2.05) is 42.5 Å². The molecule has 1 N–H and O–H groups in total. The van der Waals surface area contributed by atoms with E-state index < -0.39 is 0 Å². The number of carbonyl (C=O) groups is 1. The van der Waals surface area contributed by atoms with Gasteiger partial charge in [0.05, 0.1) is 12.0 Å². The van der Waals surface area contributed by atoms with Gasteiger partial charge >= 0.3 is 0 Å². The van der Waals surface area contributed by atoms with Gasteiger partial charge in [0.15, 0.2) is 0 Å². The van der Waals surface area contributed by atoms with Crippen molar-refractivity contribution in [2.24, 2.45) is 0 Å². The van der Waals surface area contributed by atoms with Crippen LogP contribution in [0.2, 0.25) is 0 Å². The van der Waals surface area contributed by atoms with Crippen molar-refractivity contribution in [1.82, 2.24) is 4.90 Å². The summed E-state index contributed by atoms with van der Waals surface area (Å²) in [7, 11) is 4.11. The maximum atomic E-state index is 12.9. The molecule has 0 bridgehead atoms. The predicted octanol–water partition coefficient (Wildman–Crippen LogP) is 4.08. The highest BCUT2D eigenvalue weighted by molar-refractivity contribution is 5.99. The van der Waals surface area contributed by atoms with E-state index in [0.29, 0.717) is 6.61 Å². The van der Waals surface area contributed by atoms with Crippen LogP contribution in [-0.2, 0) is 10.2 Å². The summed E-state index contributed by atoms with van der Waals surface area (Å²) in [5.41, 5.74) is 1.56. The highest BCUT2D eigenvalue weighted by Crippen LogP contribution is 2.44. The van der Waals surface area contributed by atoms with Gasteiger partial charge in [0.1, 0.15) is 5.75 Å². The smallest absolute Gasteiger partial charge is 0.235 e. The number of nitrogens with one attached hydrogen (secondary N) is 1. The van der Waals surface area contributed by atoms with Crippen molar-refractivity contribution in [3.63, 3.8) is 0 Å². The monoisotopic (exact) mass is 352 g/mol. The summed E-state index contributed by atoms with van der Waals surface area (Å²) in [4.78, 5) is 15.1. The zero-order valence-corrected chi connectivity index (χ0v) is 15.7. The average molecular weight is 352 g/mol. The Hall–Kier alpha value is -2.33. The molecular formula is C22H28N2O2. The topological polar surface area (TPSA) is 41.6 Å². The first-order valence-corrected chi connectivity index (χ1v) is 9.35. The molecule has 1 aliphatic carbocycles. The standard InChI is InChI=1S/C22H28N2O2/c1-24(2)16-7-17-26-20-12-10-19(11-13-20)23-21(25)22(14-6-15-22)18-8-4-3-5-9-18/h3-5,8-13H,6-7,14-17H2,1-2H3,(H,23,25). The molecule has 1 saturated carbocycles. The number of hydrogen-bond donors (Lipinski definition) is 1. The van der Waals surface area contributed by atoms with Gasteiger partial charge < -0.3 is 15.0 Å². The Balaban J connectivity index is 1.57. The molecule has 0 spiro atoms. The van der Waals surface area contributed by atoms with Crippen LogP contribution in [0.3, 0.4) is 0 Å². The van der Waals surface area contributed by atoms with Crippen LogP contribution in [0.25, 0.3) is 0 Å². The maximum absolute atomic E-state index is 12.9. The highest BCUT2D eigenvalue weighted by Gasteiger charge is 2.45. The molecule has 1 amide bonds. The maximum Gasteiger partial charge on any atom is 0.235 e. The summed E-state index contributed by atoms with van der Waals surface area (Å²) in [5, 5.41) is 3.09. The first-order chi connectivity index (χ1) is 12.6. The summed E-state index contributed by atoms with van der Waals surface area (Å²) in [6, 6.07) is 17.8. The van der Waals surface area contributed by atoms with Gasteiger partial charge in [0.2, 0.25) is 5.91 Å². The number of benzene rings is 2. The van der Waals surface area contributed by atoms with Crippen molar-refractivity contribution in [2.75, 3.05) is 32.6 Å². The fraction of sp³-hybridized carbons (Fsp3) is 0.409. The number of ether oxygens (including phenoxy) is 1. The summed E-state index contributed by atoms with van der Waals surface area (Å²) in [6.07, 6.45) is 3.92. The number of hydrogen-bond acceptors (Lipinski definition) is 3. The van der Waals surface area contributed by atoms with Crippen LogP contribution in [0, 0.1) is 0 Å². The van der Waals surface area contributed by atoms with E-state index in [0.717, 1.165) is 49.2 Å². The normalized spacial score (nSPS) is 15.3. The van der Waals surface area contributed by atoms with Crippen LogP contribution in [0.5, 0.6) is 5.75 Å². The summed E-state index contributed by atoms with van der Waals surface area (Å²) >= 11 is 0. The first kappa shape index (κ1) is 18.5. The van der Waals surface area contributed by atoms with E-state index in [1.54, 1.807) is 0 Å². The summed E-state index contributed by atoms with van der Waals surface area (Å²) in [5.74, 6) is 0.928. The lowest BCUT2D eigenvalue weighted by molar-refractivity contribution is -0.124. The van der Waals surface area contributed by atoms with Gasteiger partial charge in [-0.2, -0.15) is 0 Å². The van der Waals surface area contributed by atoms with Crippen molar-refractivity contribution in [3.8, 4) is 5.75 Å². The van der Waals surface area contributed by atoms with Crippen molar-refractivity contribution in [2.45, 2.75) is 31.1 Å². The van der Waals surface area contributed by atoms with E-state index in [-0.39, 0.29) is 11.3 Å². The molecular weight excluding hydrogens is 324 g/mol. The summed E-state index contributed by atoms with van der Waals surface area (Å²) < 4.78 is 5.75. The Labute approximate surface area is 156 Å². The molecule has 4 heteroatoms. The molecule has 3 rings (SSSR count). The Kier molecular flexibility index (Phi) is 5.94. The Bertz CT molecular complexity index is 707. The second-order valence-electron chi connectivity index (χ2n) is 7.29. The Morgan fingerprint density at radius 1 is 1.08 bits per heavy atom. The molecule has 1 fully saturated rings. The SMILES string of the molecule is CN(C)CCCOc1ccc(NC(=O)C2(c3ccccc3)CCC2)cc1. The molecule has 0 atom stereocenters. The van der Waals surface area contributed by atoms with Crippen LogP contribution in [0.1, 0.15) is 31.2 Å². The third-order valence-electron chi connectivity index (χ3n) is 5.10. The van der Waals surface area contributed by atoms with E-state index in [1.165, 1.54) is 0 Å². The number of carbonyl (C=O) groups excluding carboxylic acids is 1. The zero-order valence-electron chi connectivity index (χ0n) is 15.7. The largest absolute Gasteiger partial charge is 0.494 e. The molecule has 0 saturated heterocycles. The predicted molar refractivity (Wildman–Crippen MR) is 106 cm³/mol. The van der Waals surface area contributed by atoms with Gasteiger partial charge in [-0.1, -0.05) is 36.8 Å². The van der Waals surface area contributed by atoms with Gasteiger partial charge in [-0.15, -0.1) is 0 Å². The molecule has 0 aliphatic heterocycles. The minimum Gasteiger partial charge on any atom is -0.494 e. The average Bonchev–Trinajstić information content (AvgIpc) is 2.60. The highest BCUT2D eigenvalue weighted by atomic mass is 16.5. The van der Waals surface area contributed by atoms with E-state index in [2.05, 4.69) is 36.4 Å². The van der Waals surface area contributed by atoms with E-state index in [4.69, 9.17) is 4.74 Å². The molecule has 1 aliphatic rings. The van der Waals surface area contributed by atoms with Gasteiger partial charge in [0.25, 0.3) is 0 Å². The molecule has 138 valence electrons. The van der Waals surface area contributed by atoms with Crippen molar-refractivity contribution in [1.29, 1.82) is 0 Å². The number of rotatable bonds is 8. The summed E-state index contributed by atoms with van der Waals surface area (Å²) in [6.45, 7) is 1.71. The van der Waals surface area contributed by atoms with Gasteiger partial charge in [-0.05, 0) is 63.2 Å². The molecule has 26 heavy (non-hydrogen) atoms. The second kappa shape index (κ2) is 8.37. The fourth-order valence-corrected chi connectivity index (χ4v) is 3.39. The van der Waals surface area contributed by atoms with Crippen LogP contribution >= 0.6 is 0 Å². The number of amides is 1. The molecule has 0 radical (unpaired) electrons. The van der Waals surface area contributed by atoms with Crippen molar-refractivity contribution < 1.29 is 9.53 Å². The molecule has 0 unspecified atom stereocenters. The van der Waals surface area contributed by atoms with Crippen LogP contribution < -0.4 is 10.1 Å². The minimum absolute atomic E-state index is 0.0922. The lowest BCUT2D eigenvalue weighted by Crippen LogP contribution is -2.45. The first-order valence-electron chi connectivity index (χ1n) is 9.35. The van der Waals surface area contributed by atoms with Gasteiger partial charge in [-0.3, -0.25) is 4.79 Å². The van der Waals surface area contributed by atoms with Crippen molar-refractivity contribution in [3.05, 3.63) is 60.2 Å². The molecule has 4 nitrogen and oxygen atoms in total. The Morgan fingerprint density at radius 3 is 2.35 bits per heavy atom.